The molecule has 0 aliphatic heterocycles. The molecule has 2 aromatic rings. The van der Waals surface area contributed by atoms with E-state index >= 15 is 0 Å². The van der Waals surface area contributed by atoms with E-state index < -0.39 is 12.3 Å². The van der Waals surface area contributed by atoms with Gasteiger partial charge >= 0.3 is 5.97 Å². The maximum atomic E-state index is 11.2. The molecule has 0 bridgehead atoms. The summed E-state index contributed by atoms with van der Waals surface area (Å²) >= 11 is 0. The first-order valence-corrected chi connectivity index (χ1v) is 10.0. The van der Waals surface area contributed by atoms with Crippen molar-refractivity contribution in [1.82, 2.24) is 0 Å². The normalized spacial score (nSPS) is 11.8. The summed E-state index contributed by atoms with van der Waals surface area (Å²) in [6.07, 6.45) is 7.75. The lowest BCUT2D eigenvalue weighted by atomic mass is 10.0. The molecule has 5 heteroatoms. The van der Waals surface area contributed by atoms with E-state index in [1.807, 2.05) is 18.2 Å². The lowest BCUT2D eigenvalue weighted by molar-refractivity contribution is -0.289. The molecule has 1 N–H and O–H groups in total. The average molecular weight is 386 g/mol. The number of para-hydroxylation sites is 2. The number of rotatable bonds is 13. The zero-order chi connectivity index (χ0) is 20.2. The highest BCUT2D eigenvalue weighted by Crippen LogP contribution is 2.23. The van der Waals surface area contributed by atoms with E-state index in [0.29, 0.717) is 0 Å². The molecule has 0 heterocycles. The van der Waals surface area contributed by atoms with E-state index in [1.54, 1.807) is 25.1 Å². The molecule has 1 unspecified atom stereocenters. The summed E-state index contributed by atoms with van der Waals surface area (Å²) in [7, 11) is 0. The van der Waals surface area contributed by atoms with Gasteiger partial charge in [-0.2, -0.15) is 0 Å². The summed E-state index contributed by atoms with van der Waals surface area (Å²) in [6, 6.07) is 14.2. The predicted octanol–water partition coefficient (Wildman–Crippen LogP) is 6.02. The highest BCUT2D eigenvalue weighted by atomic mass is 17.2. The smallest absolute Gasteiger partial charge is 0.339 e. The van der Waals surface area contributed by atoms with Crippen LogP contribution in [0.1, 0.15) is 68.3 Å². The molecule has 0 fully saturated rings. The Morgan fingerprint density at radius 2 is 1.57 bits per heavy atom. The molecule has 2 aromatic carbocycles. The topological polar surface area (TPSA) is 65.0 Å². The third-order valence-electron chi connectivity index (χ3n) is 4.46. The van der Waals surface area contributed by atoms with E-state index in [0.717, 1.165) is 24.2 Å². The second kappa shape index (κ2) is 12.0. The fourth-order valence-corrected chi connectivity index (χ4v) is 2.96. The Hall–Kier alpha value is -2.53. The summed E-state index contributed by atoms with van der Waals surface area (Å²) in [5, 5.41) is 9.19. The van der Waals surface area contributed by atoms with Crippen LogP contribution in [0, 0.1) is 0 Å². The standard InChI is InChI=1S/C23H30O5/c1-3-4-5-6-7-8-13-19-14-9-11-16-21(19)26-18(2)27-28-22-17-12-10-15-20(22)23(24)25/h9-12,14-18H,3-8,13H2,1-2H3,(H,24,25). The average Bonchev–Trinajstić information content (AvgIpc) is 2.70. The molecule has 1 atom stereocenters. The summed E-state index contributed by atoms with van der Waals surface area (Å²) in [4.78, 5) is 21.7. The van der Waals surface area contributed by atoms with Gasteiger partial charge in [0.15, 0.2) is 5.75 Å². The molecular weight excluding hydrogens is 356 g/mol. The number of aryl methyl sites for hydroxylation is 1. The van der Waals surface area contributed by atoms with Crippen LogP contribution in [0.25, 0.3) is 0 Å². The van der Waals surface area contributed by atoms with Gasteiger partial charge in [-0.25, -0.2) is 4.79 Å². The Labute approximate surface area is 167 Å². The van der Waals surface area contributed by atoms with Gasteiger partial charge in [-0.15, -0.1) is 4.89 Å². The van der Waals surface area contributed by atoms with Crippen LogP contribution >= 0.6 is 0 Å². The second-order valence-corrected chi connectivity index (χ2v) is 6.79. The molecule has 0 amide bonds. The molecule has 0 aromatic heterocycles. The predicted molar refractivity (Wildman–Crippen MR) is 109 cm³/mol. The van der Waals surface area contributed by atoms with Crippen molar-refractivity contribution in [3.63, 3.8) is 0 Å². The van der Waals surface area contributed by atoms with E-state index in [1.165, 1.54) is 38.2 Å². The van der Waals surface area contributed by atoms with Gasteiger partial charge in [0.2, 0.25) is 6.29 Å². The van der Waals surface area contributed by atoms with Crippen LogP contribution < -0.4 is 9.62 Å². The molecule has 5 nitrogen and oxygen atoms in total. The summed E-state index contributed by atoms with van der Waals surface area (Å²) in [5.41, 5.74) is 1.18. The lowest BCUT2D eigenvalue weighted by Gasteiger charge is -2.17. The molecule has 0 spiro atoms. The van der Waals surface area contributed by atoms with Crippen molar-refractivity contribution in [2.24, 2.45) is 0 Å². The summed E-state index contributed by atoms with van der Waals surface area (Å²) in [6.45, 7) is 3.94. The maximum absolute atomic E-state index is 11.2. The van der Waals surface area contributed by atoms with Crippen molar-refractivity contribution in [2.75, 3.05) is 0 Å². The molecule has 152 valence electrons. The number of benzene rings is 2. The molecule has 28 heavy (non-hydrogen) atoms. The number of unbranched alkanes of at least 4 members (excludes halogenated alkanes) is 5. The minimum atomic E-state index is -1.07. The van der Waals surface area contributed by atoms with Crippen LogP contribution in [0.4, 0.5) is 0 Å². The van der Waals surface area contributed by atoms with Crippen LogP contribution in [0.5, 0.6) is 11.5 Å². The highest BCUT2D eigenvalue weighted by molar-refractivity contribution is 5.90. The van der Waals surface area contributed by atoms with Crippen molar-refractivity contribution in [2.45, 2.75) is 65.1 Å². The van der Waals surface area contributed by atoms with E-state index in [2.05, 4.69) is 13.0 Å². The number of hydrogen-bond acceptors (Lipinski definition) is 4. The van der Waals surface area contributed by atoms with Gasteiger partial charge in [0, 0.05) is 6.92 Å². The first-order valence-electron chi connectivity index (χ1n) is 10.0. The lowest BCUT2D eigenvalue weighted by Crippen LogP contribution is -2.19. The Morgan fingerprint density at radius 1 is 0.929 bits per heavy atom. The fourth-order valence-electron chi connectivity index (χ4n) is 2.96. The van der Waals surface area contributed by atoms with Gasteiger partial charge in [-0.1, -0.05) is 69.4 Å². The minimum Gasteiger partial charge on any atom is -0.478 e. The molecular formula is C23H30O5. The largest absolute Gasteiger partial charge is 0.478 e. The third kappa shape index (κ3) is 7.24. The van der Waals surface area contributed by atoms with Crippen molar-refractivity contribution in [3.8, 4) is 11.5 Å². The van der Waals surface area contributed by atoms with Crippen LogP contribution in [-0.2, 0) is 11.3 Å². The number of ether oxygens (including phenoxy) is 1. The number of carboxylic acid groups (broad SMARTS) is 1. The first-order chi connectivity index (χ1) is 13.6. The molecule has 0 aliphatic carbocycles. The maximum Gasteiger partial charge on any atom is 0.339 e. The molecule has 0 saturated heterocycles. The van der Waals surface area contributed by atoms with Crippen molar-refractivity contribution < 1.29 is 24.4 Å². The molecule has 0 aliphatic rings. The van der Waals surface area contributed by atoms with Gasteiger partial charge in [0.25, 0.3) is 0 Å². The minimum absolute atomic E-state index is 0.0400. The van der Waals surface area contributed by atoms with Crippen molar-refractivity contribution in [3.05, 3.63) is 59.7 Å². The van der Waals surface area contributed by atoms with Crippen molar-refractivity contribution in [1.29, 1.82) is 0 Å². The quantitative estimate of drug-likeness (QED) is 0.197. The van der Waals surface area contributed by atoms with Gasteiger partial charge < -0.3 is 14.7 Å². The zero-order valence-electron chi connectivity index (χ0n) is 16.7. The van der Waals surface area contributed by atoms with Gasteiger partial charge in [-0.3, -0.25) is 0 Å². The monoisotopic (exact) mass is 386 g/mol. The van der Waals surface area contributed by atoms with Gasteiger partial charge in [-0.05, 0) is 36.6 Å². The van der Waals surface area contributed by atoms with Gasteiger partial charge in [0.1, 0.15) is 11.3 Å². The number of aromatic carboxylic acids is 1. The Kier molecular flexibility index (Phi) is 9.35. The van der Waals surface area contributed by atoms with Crippen LogP contribution in [-0.4, -0.2) is 17.4 Å². The highest BCUT2D eigenvalue weighted by Gasteiger charge is 2.14. The van der Waals surface area contributed by atoms with E-state index in [9.17, 15) is 9.90 Å². The van der Waals surface area contributed by atoms with Crippen LogP contribution in [0.15, 0.2) is 48.5 Å². The van der Waals surface area contributed by atoms with Gasteiger partial charge in [0.05, 0.1) is 0 Å². The third-order valence-corrected chi connectivity index (χ3v) is 4.46. The Balaban J connectivity index is 1.85. The fraction of sp³-hybridized carbons (Fsp3) is 0.435. The number of carboxylic acids is 1. The van der Waals surface area contributed by atoms with E-state index in [4.69, 9.17) is 14.5 Å². The van der Waals surface area contributed by atoms with Crippen molar-refractivity contribution >= 4 is 5.97 Å². The number of carbonyl (C=O) groups is 1. The molecule has 0 radical (unpaired) electrons. The number of hydrogen-bond donors (Lipinski definition) is 1. The Bertz CT molecular complexity index is 728. The SMILES string of the molecule is CCCCCCCCc1ccccc1OC(C)OOc1ccccc1C(=O)O. The second-order valence-electron chi connectivity index (χ2n) is 6.79. The van der Waals surface area contributed by atoms with Crippen LogP contribution in [0.2, 0.25) is 0 Å². The first kappa shape index (κ1) is 21.8. The zero-order valence-corrected chi connectivity index (χ0v) is 16.7. The van der Waals surface area contributed by atoms with Crippen LogP contribution in [0.3, 0.4) is 0 Å². The van der Waals surface area contributed by atoms with E-state index in [-0.39, 0.29) is 11.3 Å². The summed E-state index contributed by atoms with van der Waals surface area (Å²) < 4.78 is 5.87. The molecule has 2 rings (SSSR count). The Morgan fingerprint density at radius 3 is 2.32 bits per heavy atom. The summed E-state index contributed by atoms with van der Waals surface area (Å²) in [5.74, 6) is -0.165. The molecule has 0 saturated carbocycles.